The first kappa shape index (κ1) is 21.3. The first-order valence-electron chi connectivity index (χ1n) is 8.30. The molecule has 1 amide bonds. The highest BCUT2D eigenvalue weighted by atomic mass is 32.2. The molecule has 0 radical (unpaired) electrons. The van der Waals surface area contributed by atoms with E-state index >= 15 is 0 Å². The number of amides is 1. The van der Waals surface area contributed by atoms with Gasteiger partial charge in [-0.05, 0) is 63.4 Å². The van der Waals surface area contributed by atoms with Crippen molar-refractivity contribution in [3.63, 3.8) is 0 Å². The number of nitrogens with one attached hydrogen (secondary N) is 2. The topological polar surface area (TPSA) is 119 Å². The van der Waals surface area contributed by atoms with Crippen LogP contribution < -0.4 is 10.0 Å². The minimum Gasteiger partial charge on any atom is -0.449 e. The Bertz CT molecular complexity index is 999. The molecule has 0 aromatic heterocycles. The number of ether oxygens (including phenoxy) is 1. The van der Waals surface area contributed by atoms with E-state index in [2.05, 4.69) is 10.0 Å². The Morgan fingerprint density at radius 1 is 1.00 bits per heavy atom. The van der Waals surface area contributed by atoms with Crippen molar-refractivity contribution in [2.75, 3.05) is 12.4 Å². The quantitative estimate of drug-likeness (QED) is 0.538. The SMILES string of the molecule is CNS(=O)(=O)c1cccc(C(=O)O[C@H](C)C(=O)Nc2ccc(C(C)=O)cc2)c1. The lowest BCUT2D eigenvalue weighted by molar-refractivity contribution is -0.123. The van der Waals surface area contributed by atoms with Gasteiger partial charge in [0, 0.05) is 11.3 Å². The predicted octanol–water partition coefficient (Wildman–Crippen LogP) is 1.98. The number of carbonyl (C=O) groups is 3. The lowest BCUT2D eigenvalue weighted by Gasteiger charge is -2.14. The van der Waals surface area contributed by atoms with E-state index in [0.29, 0.717) is 11.3 Å². The second-order valence-electron chi connectivity index (χ2n) is 5.91. The molecule has 0 bridgehead atoms. The summed E-state index contributed by atoms with van der Waals surface area (Å²) in [4.78, 5) is 35.6. The molecule has 2 N–H and O–H groups in total. The molecule has 2 aromatic carbocycles. The third-order valence-electron chi connectivity index (χ3n) is 3.86. The van der Waals surface area contributed by atoms with Crippen molar-refractivity contribution in [1.29, 1.82) is 0 Å². The first-order valence-corrected chi connectivity index (χ1v) is 9.79. The highest BCUT2D eigenvalue weighted by Gasteiger charge is 2.21. The molecular formula is C19H20N2O6S. The van der Waals surface area contributed by atoms with Crippen LogP contribution >= 0.6 is 0 Å². The maximum Gasteiger partial charge on any atom is 0.338 e. The monoisotopic (exact) mass is 404 g/mol. The van der Waals surface area contributed by atoms with Gasteiger partial charge in [-0.15, -0.1) is 0 Å². The number of sulfonamides is 1. The van der Waals surface area contributed by atoms with Crippen LogP contribution in [0.3, 0.4) is 0 Å². The Labute approximate surface area is 163 Å². The summed E-state index contributed by atoms with van der Waals surface area (Å²) in [6, 6.07) is 11.6. The fraction of sp³-hybridized carbons (Fsp3) is 0.211. The number of benzene rings is 2. The molecule has 0 heterocycles. The van der Waals surface area contributed by atoms with Gasteiger partial charge in [-0.1, -0.05) is 6.07 Å². The van der Waals surface area contributed by atoms with E-state index in [9.17, 15) is 22.8 Å². The van der Waals surface area contributed by atoms with Crippen molar-refractivity contribution in [3.05, 3.63) is 59.7 Å². The van der Waals surface area contributed by atoms with Crippen LogP contribution in [0.4, 0.5) is 5.69 Å². The number of ketones is 1. The number of esters is 1. The molecular weight excluding hydrogens is 384 g/mol. The predicted molar refractivity (Wildman–Crippen MR) is 103 cm³/mol. The lowest BCUT2D eigenvalue weighted by Crippen LogP contribution is -2.30. The number of Topliss-reactive ketones (excluding diaryl/α,β-unsaturated/α-hetero) is 1. The Morgan fingerprint density at radius 3 is 2.21 bits per heavy atom. The van der Waals surface area contributed by atoms with Crippen molar-refractivity contribution < 1.29 is 27.5 Å². The van der Waals surface area contributed by atoms with Gasteiger partial charge >= 0.3 is 5.97 Å². The van der Waals surface area contributed by atoms with Gasteiger partial charge in [0.2, 0.25) is 10.0 Å². The van der Waals surface area contributed by atoms with Crippen molar-refractivity contribution in [1.82, 2.24) is 4.72 Å². The van der Waals surface area contributed by atoms with Crippen LogP contribution in [-0.2, 0) is 19.6 Å². The van der Waals surface area contributed by atoms with Gasteiger partial charge in [0.25, 0.3) is 5.91 Å². The third kappa shape index (κ3) is 5.24. The lowest BCUT2D eigenvalue weighted by atomic mass is 10.1. The van der Waals surface area contributed by atoms with Crippen molar-refractivity contribution >= 4 is 33.4 Å². The van der Waals surface area contributed by atoms with Gasteiger partial charge < -0.3 is 10.1 Å². The zero-order valence-electron chi connectivity index (χ0n) is 15.6. The highest BCUT2D eigenvalue weighted by molar-refractivity contribution is 7.89. The number of hydrogen-bond donors (Lipinski definition) is 2. The smallest absolute Gasteiger partial charge is 0.338 e. The van der Waals surface area contributed by atoms with Crippen LogP contribution in [-0.4, -0.2) is 39.2 Å². The molecule has 0 spiro atoms. The zero-order chi connectivity index (χ0) is 20.9. The maximum atomic E-state index is 12.2. The Kier molecular flexibility index (Phi) is 6.66. The summed E-state index contributed by atoms with van der Waals surface area (Å²) in [5, 5.41) is 2.58. The molecule has 28 heavy (non-hydrogen) atoms. The van der Waals surface area contributed by atoms with E-state index in [0.717, 1.165) is 0 Å². The van der Waals surface area contributed by atoms with E-state index in [1.165, 1.54) is 45.2 Å². The molecule has 2 rings (SSSR count). The summed E-state index contributed by atoms with van der Waals surface area (Å²) in [7, 11) is -2.45. The van der Waals surface area contributed by atoms with E-state index in [-0.39, 0.29) is 16.2 Å². The van der Waals surface area contributed by atoms with Crippen LogP contribution in [0.2, 0.25) is 0 Å². The van der Waals surface area contributed by atoms with E-state index in [1.54, 1.807) is 24.3 Å². The standard InChI is InChI=1S/C19H20N2O6S/c1-12(22)14-7-9-16(10-8-14)21-18(23)13(2)27-19(24)15-5-4-6-17(11-15)28(25,26)20-3/h4-11,13,20H,1-3H3,(H,21,23)/t13-/m1/s1. The Morgan fingerprint density at radius 2 is 1.64 bits per heavy atom. The summed E-state index contributed by atoms with van der Waals surface area (Å²) in [6.45, 7) is 2.83. The van der Waals surface area contributed by atoms with E-state index < -0.39 is 28.0 Å². The van der Waals surface area contributed by atoms with Crippen LogP contribution in [0.25, 0.3) is 0 Å². The fourth-order valence-electron chi connectivity index (χ4n) is 2.22. The molecule has 0 saturated carbocycles. The molecule has 9 heteroatoms. The molecule has 2 aromatic rings. The fourth-order valence-corrected chi connectivity index (χ4v) is 3.00. The zero-order valence-corrected chi connectivity index (χ0v) is 16.4. The first-order chi connectivity index (χ1) is 13.1. The van der Waals surface area contributed by atoms with Crippen molar-refractivity contribution in [2.45, 2.75) is 24.8 Å². The molecule has 0 saturated heterocycles. The summed E-state index contributed by atoms with van der Waals surface area (Å²) in [5.74, 6) is -1.49. The molecule has 0 unspecified atom stereocenters. The number of hydrogen-bond acceptors (Lipinski definition) is 6. The summed E-state index contributed by atoms with van der Waals surface area (Å²) < 4.78 is 30.9. The van der Waals surface area contributed by atoms with Crippen molar-refractivity contribution in [2.24, 2.45) is 0 Å². The van der Waals surface area contributed by atoms with Gasteiger partial charge in [-0.2, -0.15) is 0 Å². The van der Waals surface area contributed by atoms with Gasteiger partial charge in [-0.25, -0.2) is 17.9 Å². The highest BCUT2D eigenvalue weighted by Crippen LogP contribution is 2.14. The Hall–Kier alpha value is -3.04. The minimum atomic E-state index is -3.71. The number of carbonyl (C=O) groups excluding carboxylic acids is 3. The molecule has 148 valence electrons. The normalized spacial score (nSPS) is 12.1. The Balaban J connectivity index is 2.04. The second-order valence-corrected chi connectivity index (χ2v) is 7.79. The molecule has 0 aliphatic heterocycles. The van der Waals surface area contributed by atoms with Gasteiger partial charge in [-0.3, -0.25) is 9.59 Å². The van der Waals surface area contributed by atoms with Gasteiger partial charge in [0.15, 0.2) is 11.9 Å². The molecule has 0 fully saturated rings. The molecule has 0 aliphatic rings. The second kappa shape index (κ2) is 8.77. The number of rotatable bonds is 7. The van der Waals surface area contributed by atoms with E-state index in [4.69, 9.17) is 4.74 Å². The molecule has 1 atom stereocenters. The molecule has 0 aliphatic carbocycles. The third-order valence-corrected chi connectivity index (χ3v) is 5.27. The summed E-state index contributed by atoms with van der Waals surface area (Å²) in [5.41, 5.74) is 0.954. The summed E-state index contributed by atoms with van der Waals surface area (Å²) in [6.07, 6.45) is -1.12. The van der Waals surface area contributed by atoms with Crippen LogP contribution in [0.1, 0.15) is 34.6 Å². The average molecular weight is 404 g/mol. The van der Waals surface area contributed by atoms with Crippen LogP contribution in [0.5, 0.6) is 0 Å². The van der Waals surface area contributed by atoms with Crippen molar-refractivity contribution in [3.8, 4) is 0 Å². The maximum absolute atomic E-state index is 12.2. The largest absolute Gasteiger partial charge is 0.449 e. The minimum absolute atomic E-state index is 0.00165. The van der Waals surface area contributed by atoms with Gasteiger partial charge in [0.05, 0.1) is 10.5 Å². The van der Waals surface area contributed by atoms with Crippen LogP contribution in [0, 0.1) is 0 Å². The summed E-state index contributed by atoms with van der Waals surface area (Å²) >= 11 is 0. The van der Waals surface area contributed by atoms with Gasteiger partial charge in [0.1, 0.15) is 0 Å². The average Bonchev–Trinajstić information content (AvgIpc) is 2.68. The number of anilines is 1. The molecule has 8 nitrogen and oxygen atoms in total. The van der Waals surface area contributed by atoms with E-state index in [1.807, 2.05) is 0 Å². The van der Waals surface area contributed by atoms with Crippen LogP contribution in [0.15, 0.2) is 53.4 Å².